The van der Waals surface area contributed by atoms with Gasteiger partial charge >= 0.3 is 5.97 Å². The molecule has 0 fully saturated rings. The highest BCUT2D eigenvalue weighted by Crippen LogP contribution is 2.42. The molecule has 2 N–H and O–H groups in total. The SMILES string of the molecule is COC(=O)CSC1=C(C#N)C(c2ccccc2Br)C(C(=O)Nc2ccc(Cl)cc2)C(=O)N1. The van der Waals surface area contributed by atoms with Crippen molar-refractivity contribution in [2.45, 2.75) is 5.92 Å². The molecule has 0 aromatic heterocycles. The maximum Gasteiger partial charge on any atom is 0.316 e. The number of esters is 1. The highest BCUT2D eigenvalue weighted by molar-refractivity contribution is 9.10. The van der Waals surface area contributed by atoms with Crippen LogP contribution in [0.2, 0.25) is 5.02 Å². The van der Waals surface area contributed by atoms with Crippen LogP contribution >= 0.6 is 39.3 Å². The number of amides is 2. The van der Waals surface area contributed by atoms with Crippen molar-refractivity contribution >= 4 is 62.8 Å². The number of thioether (sulfide) groups is 1. The van der Waals surface area contributed by atoms with Crippen LogP contribution in [0, 0.1) is 17.2 Å². The first-order valence-electron chi connectivity index (χ1n) is 9.31. The maximum absolute atomic E-state index is 13.2. The molecule has 10 heteroatoms. The van der Waals surface area contributed by atoms with Gasteiger partial charge in [-0.05, 0) is 35.9 Å². The fourth-order valence-corrected chi connectivity index (χ4v) is 4.76. The normalized spacial score (nSPS) is 17.9. The topological polar surface area (TPSA) is 108 Å². The van der Waals surface area contributed by atoms with Gasteiger partial charge in [-0.3, -0.25) is 14.4 Å². The first-order chi connectivity index (χ1) is 15.3. The summed E-state index contributed by atoms with van der Waals surface area (Å²) in [7, 11) is 1.25. The number of carbonyl (C=O) groups excluding carboxylic acids is 3. The van der Waals surface area contributed by atoms with Gasteiger partial charge in [0.25, 0.3) is 0 Å². The van der Waals surface area contributed by atoms with Crippen molar-refractivity contribution < 1.29 is 19.1 Å². The summed E-state index contributed by atoms with van der Waals surface area (Å²) in [5.74, 6) is -3.84. The van der Waals surface area contributed by atoms with E-state index < -0.39 is 29.6 Å². The number of benzene rings is 2. The second-order valence-electron chi connectivity index (χ2n) is 6.68. The van der Waals surface area contributed by atoms with Crippen LogP contribution in [-0.4, -0.2) is 30.6 Å². The number of nitrogens with one attached hydrogen (secondary N) is 2. The van der Waals surface area contributed by atoms with Gasteiger partial charge in [0, 0.05) is 21.1 Å². The van der Waals surface area contributed by atoms with Crippen molar-refractivity contribution in [3.8, 4) is 6.07 Å². The number of anilines is 1. The molecule has 164 valence electrons. The summed E-state index contributed by atoms with van der Waals surface area (Å²) in [5, 5.41) is 16.0. The molecule has 7 nitrogen and oxygen atoms in total. The molecule has 2 aromatic carbocycles. The fraction of sp³-hybridized carbons (Fsp3) is 0.182. The minimum atomic E-state index is -1.22. The molecule has 0 radical (unpaired) electrons. The largest absolute Gasteiger partial charge is 0.468 e. The molecule has 32 heavy (non-hydrogen) atoms. The van der Waals surface area contributed by atoms with Gasteiger partial charge < -0.3 is 15.4 Å². The lowest BCUT2D eigenvalue weighted by Crippen LogP contribution is -2.45. The summed E-state index contributed by atoms with van der Waals surface area (Å²) in [4.78, 5) is 37.9. The molecule has 0 aliphatic carbocycles. The lowest BCUT2D eigenvalue weighted by molar-refractivity contribution is -0.137. The Labute approximate surface area is 202 Å². The maximum atomic E-state index is 13.2. The molecule has 3 rings (SSSR count). The number of halogens is 2. The summed E-state index contributed by atoms with van der Waals surface area (Å²) < 4.78 is 5.29. The van der Waals surface area contributed by atoms with Crippen LogP contribution < -0.4 is 10.6 Å². The quantitative estimate of drug-likeness (QED) is 0.425. The third kappa shape index (κ3) is 5.33. The lowest BCUT2D eigenvalue weighted by atomic mass is 9.78. The number of methoxy groups -OCH3 is 1. The van der Waals surface area contributed by atoms with Gasteiger partial charge in [-0.1, -0.05) is 57.5 Å². The Hall–Kier alpha value is -2.80. The molecule has 2 unspecified atom stereocenters. The Kier molecular flexibility index (Phi) is 7.96. The highest BCUT2D eigenvalue weighted by Gasteiger charge is 2.44. The Morgan fingerprint density at radius 2 is 1.94 bits per heavy atom. The van der Waals surface area contributed by atoms with Gasteiger partial charge in [-0.15, -0.1) is 0 Å². The average Bonchev–Trinajstić information content (AvgIpc) is 2.78. The molecule has 1 aliphatic heterocycles. The molecular weight excluding hydrogens is 518 g/mol. The molecular formula is C22H17BrClN3O4S. The molecule has 0 saturated carbocycles. The zero-order valence-corrected chi connectivity index (χ0v) is 19.9. The lowest BCUT2D eigenvalue weighted by Gasteiger charge is -2.32. The van der Waals surface area contributed by atoms with Gasteiger partial charge in [0.15, 0.2) is 0 Å². The number of hydrogen-bond donors (Lipinski definition) is 2. The molecule has 0 saturated heterocycles. The number of nitrogens with zero attached hydrogens (tertiary/aromatic N) is 1. The molecule has 1 aliphatic rings. The number of hydrogen-bond acceptors (Lipinski definition) is 6. The monoisotopic (exact) mass is 533 g/mol. The number of rotatable bonds is 6. The van der Waals surface area contributed by atoms with E-state index in [0.717, 1.165) is 11.8 Å². The average molecular weight is 535 g/mol. The summed E-state index contributed by atoms with van der Waals surface area (Å²) in [6.07, 6.45) is 0. The van der Waals surface area contributed by atoms with Crippen molar-refractivity contribution in [1.29, 1.82) is 5.26 Å². The van der Waals surface area contributed by atoms with Crippen molar-refractivity contribution in [2.24, 2.45) is 5.92 Å². The van der Waals surface area contributed by atoms with Crippen LogP contribution in [0.5, 0.6) is 0 Å². The summed E-state index contributed by atoms with van der Waals surface area (Å²) in [5.41, 5.74) is 1.25. The molecule has 2 amide bonds. The fourth-order valence-electron chi connectivity index (χ4n) is 3.23. The van der Waals surface area contributed by atoms with Gasteiger partial charge in [0.2, 0.25) is 11.8 Å². The highest BCUT2D eigenvalue weighted by atomic mass is 79.9. The smallest absolute Gasteiger partial charge is 0.316 e. The minimum Gasteiger partial charge on any atom is -0.468 e. The summed E-state index contributed by atoms with van der Waals surface area (Å²) >= 11 is 10.3. The van der Waals surface area contributed by atoms with Crippen molar-refractivity contribution in [2.75, 3.05) is 18.2 Å². The van der Waals surface area contributed by atoms with E-state index in [1.165, 1.54) is 7.11 Å². The Morgan fingerprint density at radius 1 is 1.25 bits per heavy atom. The molecule has 2 aromatic rings. The summed E-state index contributed by atoms with van der Waals surface area (Å²) in [6, 6.07) is 15.7. The standard InChI is InChI=1S/C22H17BrClN3O4S/c1-31-17(28)11-32-22-15(10-25)18(14-4-2-3-5-16(14)23)19(21(30)27-22)20(29)26-13-8-6-12(24)7-9-13/h2-9,18-19H,11H2,1H3,(H,26,29)(H,27,30). The van der Waals surface area contributed by atoms with Crippen molar-refractivity contribution in [1.82, 2.24) is 5.32 Å². The zero-order valence-electron chi connectivity index (χ0n) is 16.7. The number of carbonyl (C=O) groups is 3. The Morgan fingerprint density at radius 3 is 2.56 bits per heavy atom. The predicted molar refractivity (Wildman–Crippen MR) is 126 cm³/mol. The van der Waals surface area contributed by atoms with E-state index in [2.05, 4.69) is 37.4 Å². The van der Waals surface area contributed by atoms with Crippen LogP contribution in [0.15, 0.2) is 63.6 Å². The van der Waals surface area contributed by atoms with E-state index in [1.807, 2.05) is 0 Å². The van der Waals surface area contributed by atoms with E-state index in [1.54, 1.807) is 48.5 Å². The Balaban J connectivity index is 2.04. The predicted octanol–water partition coefficient (Wildman–Crippen LogP) is 4.21. The van der Waals surface area contributed by atoms with E-state index in [9.17, 15) is 19.6 Å². The van der Waals surface area contributed by atoms with Crippen LogP contribution in [-0.2, 0) is 19.1 Å². The van der Waals surface area contributed by atoms with Crippen molar-refractivity contribution in [3.05, 3.63) is 74.2 Å². The number of nitriles is 1. The summed E-state index contributed by atoms with van der Waals surface area (Å²) in [6.45, 7) is 0. The first-order valence-corrected chi connectivity index (χ1v) is 11.5. The van der Waals surface area contributed by atoms with Crippen molar-refractivity contribution in [3.63, 3.8) is 0 Å². The molecule has 0 spiro atoms. The van der Waals surface area contributed by atoms with E-state index in [-0.39, 0.29) is 16.4 Å². The van der Waals surface area contributed by atoms with Crippen LogP contribution in [0.3, 0.4) is 0 Å². The van der Waals surface area contributed by atoms with Crippen LogP contribution in [0.25, 0.3) is 0 Å². The van der Waals surface area contributed by atoms with Gasteiger partial charge in [-0.25, -0.2) is 0 Å². The number of allylic oxidation sites excluding steroid dienone is 1. The van der Waals surface area contributed by atoms with E-state index >= 15 is 0 Å². The molecule has 1 heterocycles. The van der Waals surface area contributed by atoms with Crippen LogP contribution in [0.1, 0.15) is 11.5 Å². The van der Waals surface area contributed by atoms with Gasteiger partial charge in [0.05, 0.1) is 29.5 Å². The van der Waals surface area contributed by atoms with E-state index in [0.29, 0.717) is 20.7 Å². The zero-order chi connectivity index (χ0) is 23.3. The third-order valence-electron chi connectivity index (χ3n) is 4.73. The third-order valence-corrected chi connectivity index (χ3v) is 6.69. The van der Waals surface area contributed by atoms with Crippen LogP contribution in [0.4, 0.5) is 5.69 Å². The second kappa shape index (κ2) is 10.7. The number of ether oxygens (including phenoxy) is 1. The molecule has 0 bridgehead atoms. The Bertz CT molecular complexity index is 1130. The molecule has 2 atom stereocenters. The second-order valence-corrected chi connectivity index (χ2v) is 8.96. The first kappa shape index (κ1) is 23.9. The minimum absolute atomic E-state index is 0.0956. The van der Waals surface area contributed by atoms with E-state index in [4.69, 9.17) is 11.6 Å². The van der Waals surface area contributed by atoms with Gasteiger partial charge in [-0.2, -0.15) is 5.26 Å². The van der Waals surface area contributed by atoms with Gasteiger partial charge in [0.1, 0.15) is 5.92 Å².